The van der Waals surface area contributed by atoms with Crippen LogP contribution in [-0.4, -0.2) is 47.8 Å². The Morgan fingerprint density at radius 2 is 1.79 bits per heavy atom. The third kappa shape index (κ3) is 4.59. The van der Waals surface area contributed by atoms with Crippen molar-refractivity contribution >= 4 is 16.8 Å². The number of fused-ring (bicyclic) bond motifs is 1. The molecule has 0 fully saturated rings. The molecule has 0 aliphatic rings. The van der Waals surface area contributed by atoms with Crippen molar-refractivity contribution in [2.24, 2.45) is 0 Å². The molecule has 0 aliphatic heterocycles. The topological polar surface area (TPSA) is 87.5 Å². The second kappa shape index (κ2) is 9.60. The van der Waals surface area contributed by atoms with Crippen LogP contribution in [0.1, 0.15) is 17.3 Å². The summed E-state index contributed by atoms with van der Waals surface area (Å²) in [6.07, 6.45) is 5.31. The summed E-state index contributed by atoms with van der Waals surface area (Å²) in [6, 6.07) is 12.9. The van der Waals surface area contributed by atoms with Crippen molar-refractivity contribution in [2.45, 2.75) is 19.5 Å². The van der Waals surface area contributed by atoms with Gasteiger partial charge < -0.3 is 24.1 Å². The number of benzene rings is 2. The lowest BCUT2D eigenvalue weighted by atomic mass is 10.0. The maximum atomic E-state index is 13.3. The van der Waals surface area contributed by atoms with E-state index in [1.54, 1.807) is 39.9 Å². The lowest BCUT2D eigenvalue weighted by Crippen LogP contribution is -2.35. The van der Waals surface area contributed by atoms with Crippen LogP contribution in [0.4, 0.5) is 0 Å². The van der Waals surface area contributed by atoms with Gasteiger partial charge in [-0.3, -0.25) is 4.79 Å². The van der Waals surface area contributed by atoms with E-state index in [9.17, 15) is 4.79 Å². The molecule has 0 bridgehead atoms. The molecule has 170 valence electrons. The maximum absolute atomic E-state index is 13.3. The smallest absolute Gasteiger partial charge is 0.252 e. The van der Waals surface area contributed by atoms with Crippen molar-refractivity contribution in [3.8, 4) is 28.5 Å². The highest BCUT2D eigenvalue weighted by molar-refractivity contribution is 6.07. The Morgan fingerprint density at radius 1 is 1.06 bits per heavy atom. The predicted molar refractivity (Wildman–Crippen MR) is 126 cm³/mol. The van der Waals surface area contributed by atoms with E-state index in [-0.39, 0.29) is 11.9 Å². The number of carbonyl (C=O) groups excluding carboxylic acids is 1. The number of rotatable bonds is 8. The van der Waals surface area contributed by atoms with Crippen LogP contribution in [0.2, 0.25) is 0 Å². The largest absolute Gasteiger partial charge is 0.493 e. The second-order valence-electron chi connectivity index (χ2n) is 7.62. The van der Waals surface area contributed by atoms with Gasteiger partial charge in [0.2, 0.25) is 5.75 Å². The number of nitrogens with one attached hydrogen (secondary N) is 1. The summed E-state index contributed by atoms with van der Waals surface area (Å²) in [5.74, 6) is 1.36. The summed E-state index contributed by atoms with van der Waals surface area (Å²) in [4.78, 5) is 22.1. The molecule has 0 saturated heterocycles. The number of pyridine rings is 1. The van der Waals surface area contributed by atoms with E-state index < -0.39 is 0 Å². The molecular formula is C25H26N4O4. The van der Waals surface area contributed by atoms with E-state index in [4.69, 9.17) is 19.2 Å². The summed E-state index contributed by atoms with van der Waals surface area (Å²) < 4.78 is 18.3. The first kappa shape index (κ1) is 22.1. The molecule has 0 aliphatic carbocycles. The number of methoxy groups -OCH3 is 3. The average Bonchev–Trinajstić information content (AvgIpc) is 3.34. The Morgan fingerprint density at radius 3 is 2.42 bits per heavy atom. The first-order chi connectivity index (χ1) is 16.0. The molecule has 1 amide bonds. The Bertz CT molecular complexity index is 1250. The summed E-state index contributed by atoms with van der Waals surface area (Å²) in [5, 5.41) is 3.86. The van der Waals surface area contributed by atoms with Gasteiger partial charge in [-0.25, -0.2) is 9.97 Å². The average molecular weight is 447 g/mol. The minimum absolute atomic E-state index is 0.0942. The zero-order valence-corrected chi connectivity index (χ0v) is 19.0. The normalized spacial score (nSPS) is 11.8. The first-order valence-corrected chi connectivity index (χ1v) is 10.5. The molecular weight excluding hydrogens is 420 g/mol. The van der Waals surface area contributed by atoms with Gasteiger partial charge in [0.1, 0.15) is 0 Å². The van der Waals surface area contributed by atoms with E-state index in [2.05, 4.69) is 10.3 Å². The molecule has 0 saturated carbocycles. The lowest BCUT2D eigenvalue weighted by molar-refractivity contribution is 0.0938. The van der Waals surface area contributed by atoms with Gasteiger partial charge in [0.25, 0.3) is 5.91 Å². The van der Waals surface area contributed by atoms with Crippen molar-refractivity contribution < 1.29 is 19.0 Å². The van der Waals surface area contributed by atoms with Crippen molar-refractivity contribution in [3.63, 3.8) is 0 Å². The number of para-hydroxylation sites is 1. The van der Waals surface area contributed by atoms with Crippen molar-refractivity contribution in [1.29, 1.82) is 0 Å². The monoisotopic (exact) mass is 446 g/mol. The fraction of sp³-hybridized carbons (Fsp3) is 0.240. The van der Waals surface area contributed by atoms with Gasteiger partial charge in [0, 0.05) is 35.9 Å². The molecule has 8 heteroatoms. The Balaban J connectivity index is 1.75. The van der Waals surface area contributed by atoms with Crippen LogP contribution >= 0.6 is 0 Å². The summed E-state index contributed by atoms with van der Waals surface area (Å²) in [7, 11) is 4.69. The number of carbonyl (C=O) groups is 1. The van der Waals surface area contributed by atoms with Crippen LogP contribution in [-0.2, 0) is 6.54 Å². The Hall–Kier alpha value is -4.07. The summed E-state index contributed by atoms with van der Waals surface area (Å²) in [6.45, 7) is 2.58. The van der Waals surface area contributed by atoms with Crippen LogP contribution in [0, 0.1) is 0 Å². The molecule has 1 N–H and O–H groups in total. The number of nitrogens with zero attached hydrogens (tertiary/aromatic N) is 3. The van der Waals surface area contributed by atoms with Gasteiger partial charge in [0.15, 0.2) is 11.5 Å². The van der Waals surface area contributed by atoms with Gasteiger partial charge in [0.05, 0.1) is 44.4 Å². The van der Waals surface area contributed by atoms with Gasteiger partial charge in [-0.15, -0.1) is 0 Å². The molecule has 8 nitrogen and oxygen atoms in total. The molecule has 0 radical (unpaired) electrons. The second-order valence-corrected chi connectivity index (χ2v) is 7.62. The van der Waals surface area contributed by atoms with E-state index >= 15 is 0 Å². The number of amides is 1. The van der Waals surface area contributed by atoms with Crippen LogP contribution in [0.15, 0.2) is 61.2 Å². The summed E-state index contributed by atoms with van der Waals surface area (Å²) >= 11 is 0. The molecule has 2 heterocycles. The van der Waals surface area contributed by atoms with Crippen molar-refractivity contribution in [2.75, 3.05) is 21.3 Å². The summed E-state index contributed by atoms with van der Waals surface area (Å²) in [5.41, 5.74) is 2.63. The molecule has 1 unspecified atom stereocenters. The quantitative estimate of drug-likeness (QED) is 0.441. The highest BCUT2D eigenvalue weighted by atomic mass is 16.5. The third-order valence-corrected chi connectivity index (χ3v) is 5.34. The Kier molecular flexibility index (Phi) is 6.44. The van der Waals surface area contributed by atoms with Crippen LogP contribution in [0.25, 0.3) is 22.2 Å². The number of ether oxygens (including phenoxy) is 3. The highest BCUT2D eigenvalue weighted by Crippen LogP contribution is 2.41. The number of hydrogen-bond acceptors (Lipinski definition) is 6. The van der Waals surface area contributed by atoms with Crippen LogP contribution < -0.4 is 19.5 Å². The van der Waals surface area contributed by atoms with Crippen molar-refractivity contribution in [1.82, 2.24) is 19.9 Å². The van der Waals surface area contributed by atoms with E-state index in [0.717, 1.165) is 16.5 Å². The van der Waals surface area contributed by atoms with Gasteiger partial charge in [-0.2, -0.15) is 0 Å². The van der Waals surface area contributed by atoms with Gasteiger partial charge in [-0.05, 0) is 31.2 Å². The van der Waals surface area contributed by atoms with Gasteiger partial charge >= 0.3 is 0 Å². The molecule has 33 heavy (non-hydrogen) atoms. The Labute approximate surface area is 192 Å². The van der Waals surface area contributed by atoms with E-state index in [0.29, 0.717) is 35.1 Å². The van der Waals surface area contributed by atoms with E-state index in [1.165, 1.54) is 0 Å². The number of hydrogen-bond donors (Lipinski definition) is 1. The van der Waals surface area contributed by atoms with Crippen LogP contribution in [0.5, 0.6) is 17.2 Å². The third-order valence-electron chi connectivity index (χ3n) is 5.34. The molecule has 4 rings (SSSR count). The molecule has 4 aromatic rings. The zero-order valence-electron chi connectivity index (χ0n) is 19.0. The van der Waals surface area contributed by atoms with Crippen molar-refractivity contribution in [3.05, 3.63) is 66.7 Å². The van der Waals surface area contributed by atoms with E-state index in [1.807, 2.05) is 54.1 Å². The fourth-order valence-electron chi connectivity index (χ4n) is 3.80. The minimum atomic E-state index is -0.171. The van der Waals surface area contributed by atoms with Gasteiger partial charge in [-0.1, -0.05) is 18.2 Å². The highest BCUT2D eigenvalue weighted by Gasteiger charge is 2.19. The van der Waals surface area contributed by atoms with Crippen LogP contribution in [0.3, 0.4) is 0 Å². The zero-order chi connectivity index (χ0) is 23.4. The maximum Gasteiger partial charge on any atom is 0.252 e. The molecule has 2 aromatic heterocycles. The fourth-order valence-corrected chi connectivity index (χ4v) is 3.80. The first-order valence-electron chi connectivity index (χ1n) is 10.5. The minimum Gasteiger partial charge on any atom is -0.493 e. The number of aromatic nitrogens is 3. The standard InChI is InChI=1S/C25H26N4O4/c1-16(14-29-10-9-26-15-29)27-25(30)19-13-21(28-20-8-6-5-7-18(19)20)17-11-22(31-2)24(33-4)23(12-17)32-3/h5-13,15-16H,14H2,1-4H3,(H,27,30). The predicted octanol–water partition coefficient (Wildman–Crippen LogP) is 3.94. The lowest BCUT2D eigenvalue weighted by Gasteiger charge is -2.17. The SMILES string of the molecule is COc1cc(-c2cc(C(=O)NC(C)Cn3ccnc3)c3ccccc3n2)cc(OC)c1OC. The number of imidazole rings is 1. The molecule has 1 atom stereocenters. The molecule has 0 spiro atoms. The molecule has 2 aromatic carbocycles.